The molecule has 0 aliphatic heterocycles. The number of carboxylic acids is 1. The molecule has 0 amide bonds. The largest absolute Gasteiger partial charge is 0.490 e. The first kappa shape index (κ1) is 24.4. The van der Waals surface area contributed by atoms with Gasteiger partial charge in [0.2, 0.25) is 8.32 Å². The maximum Gasteiger partial charge on any atom is 0.490 e. The number of hydrogen-bond donors (Lipinski definition) is 2. The van der Waals surface area contributed by atoms with Crippen molar-refractivity contribution in [3.05, 3.63) is 0 Å². The molecule has 0 atom stereocenters. The average Bonchev–Trinajstić information content (AvgIpc) is 2.45. The molecule has 0 heterocycles. The van der Waals surface area contributed by atoms with Gasteiger partial charge in [0.05, 0.1) is 0 Å². The highest BCUT2D eigenvalue weighted by molar-refractivity contribution is 6.77. The second kappa shape index (κ2) is 9.92. The fraction of sp³-hybridized carbons (Fsp3) is 0.941. The summed E-state index contributed by atoms with van der Waals surface area (Å²) in [6, 6.07) is 0.415. The van der Waals surface area contributed by atoms with Gasteiger partial charge < -0.3 is 15.3 Å². The lowest BCUT2D eigenvalue weighted by molar-refractivity contribution is -0.192. The van der Waals surface area contributed by atoms with Crippen LogP contribution in [0.4, 0.5) is 13.2 Å². The normalized spacial score (nSPS) is 22.1. The van der Waals surface area contributed by atoms with E-state index in [1.165, 1.54) is 12.8 Å². The number of alkyl halides is 3. The highest BCUT2D eigenvalue weighted by Gasteiger charge is 2.46. The first-order chi connectivity index (χ1) is 11.2. The van der Waals surface area contributed by atoms with Gasteiger partial charge in [-0.25, -0.2) is 4.79 Å². The third-order valence-corrected chi connectivity index (χ3v) is 11.2. The van der Waals surface area contributed by atoms with Crippen LogP contribution in [0.5, 0.6) is 0 Å². The molecule has 1 aliphatic rings. The van der Waals surface area contributed by atoms with E-state index in [4.69, 9.17) is 20.1 Å². The van der Waals surface area contributed by atoms with Crippen LogP contribution in [0.2, 0.25) is 16.6 Å². The van der Waals surface area contributed by atoms with Crippen LogP contribution in [0, 0.1) is 0 Å². The van der Waals surface area contributed by atoms with Gasteiger partial charge in [0.15, 0.2) is 0 Å². The molecule has 0 spiro atoms. The number of aliphatic carboxylic acids is 1. The van der Waals surface area contributed by atoms with Gasteiger partial charge in [-0.1, -0.05) is 41.5 Å². The van der Waals surface area contributed by atoms with Crippen molar-refractivity contribution in [2.24, 2.45) is 5.73 Å². The first-order valence-electron chi connectivity index (χ1n) is 8.98. The molecular weight excluding hydrogens is 351 g/mol. The Labute approximate surface area is 150 Å². The van der Waals surface area contributed by atoms with Crippen LogP contribution >= 0.6 is 0 Å². The van der Waals surface area contributed by atoms with Gasteiger partial charge >= 0.3 is 12.1 Å². The van der Waals surface area contributed by atoms with Crippen LogP contribution in [0.15, 0.2) is 0 Å². The van der Waals surface area contributed by atoms with E-state index in [9.17, 15) is 13.2 Å². The Morgan fingerprint density at radius 2 is 1.32 bits per heavy atom. The fourth-order valence-corrected chi connectivity index (χ4v) is 9.53. The predicted octanol–water partition coefficient (Wildman–Crippen LogP) is 5.08. The summed E-state index contributed by atoms with van der Waals surface area (Å²) in [6.07, 6.45) is 0.0143. The minimum Gasteiger partial charge on any atom is -0.475 e. The standard InChI is InChI=1S/C15H33NOSi.C2HF3O2/c1-11(2)18(12(3)4,13(5)6)17-15-9-7-14(16)8-10-15;3-2(4,5)1(6)7/h11-15H,7-10,16H2,1-6H3;(H,6,7)/t14-,15-;. The maximum absolute atomic E-state index is 10.6. The third kappa shape index (κ3) is 7.27. The number of nitrogens with two attached hydrogens (primary N) is 1. The monoisotopic (exact) mass is 385 g/mol. The summed E-state index contributed by atoms with van der Waals surface area (Å²) in [5.41, 5.74) is 8.06. The van der Waals surface area contributed by atoms with E-state index in [1.807, 2.05) is 0 Å². The Morgan fingerprint density at radius 1 is 1.00 bits per heavy atom. The second-order valence-corrected chi connectivity index (χ2v) is 13.2. The molecule has 1 saturated carbocycles. The molecule has 0 aromatic heterocycles. The lowest BCUT2D eigenvalue weighted by Gasteiger charge is -2.45. The maximum atomic E-state index is 10.6. The number of rotatable bonds is 5. The van der Waals surface area contributed by atoms with E-state index in [0.717, 1.165) is 12.8 Å². The lowest BCUT2D eigenvalue weighted by Crippen LogP contribution is -2.51. The number of halogens is 3. The summed E-state index contributed by atoms with van der Waals surface area (Å²) in [5.74, 6) is -2.76. The first-order valence-corrected chi connectivity index (χ1v) is 11.1. The Morgan fingerprint density at radius 3 is 1.56 bits per heavy atom. The summed E-state index contributed by atoms with van der Waals surface area (Å²) in [5, 5.41) is 7.12. The van der Waals surface area contributed by atoms with E-state index in [1.54, 1.807) is 0 Å². The molecule has 0 bridgehead atoms. The average molecular weight is 386 g/mol. The lowest BCUT2D eigenvalue weighted by atomic mass is 9.94. The molecule has 8 heteroatoms. The van der Waals surface area contributed by atoms with Gasteiger partial charge in [0, 0.05) is 12.1 Å². The van der Waals surface area contributed by atoms with E-state index >= 15 is 0 Å². The predicted molar refractivity (Wildman–Crippen MR) is 96.1 cm³/mol. The fourth-order valence-electron chi connectivity index (χ4n) is 3.90. The molecule has 1 fully saturated rings. The molecule has 25 heavy (non-hydrogen) atoms. The van der Waals surface area contributed by atoms with Crippen molar-refractivity contribution >= 4 is 14.3 Å². The van der Waals surface area contributed by atoms with Crippen LogP contribution in [0.1, 0.15) is 67.2 Å². The molecule has 1 rings (SSSR count). The molecule has 0 aromatic carbocycles. The van der Waals surface area contributed by atoms with E-state index in [-0.39, 0.29) is 0 Å². The van der Waals surface area contributed by atoms with Crippen molar-refractivity contribution in [2.75, 3.05) is 0 Å². The van der Waals surface area contributed by atoms with Gasteiger partial charge in [0.25, 0.3) is 0 Å². The third-order valence-electron chi connectivity index (χ3n) is 5.04. The second-order valence-electron chi connectivity index (χ2n) is 7.78. The Hall–Kier alpha value is -0.603. The van der Waals surface area contributed by atoms with Crippen molar-refractivity contribution in [3.8, 4) is 0 Å². The van der Waals surface area contributed by atoms with Crippen LogP contribution in [0.25, 0.3) is 0 Å². The molecule has 0 radical (unpaired) electrons. The zero-order valence-corrected chi connectivity index (χ0v) is 17.2. The highest BCUT2D eigenvalue weighted by Crippen LogP contribution is 2.44. The van der Waals surface area contributed by atoms with Crippen molar-refractivity contribution in [1.82, 2.24) is 0 Å². The summed E-state index contributed by atoms with van der Waals surface area (Å²) in [6.45, 7) is 14.2. The Bertz CT molecular complexity index is 385. The minimum atomic E-state index is -5.08. The van der Waals surface area contributed by atoms with Crippen molar-refractivity contribution in [1.29, 1.82) is 0 Å². The summed E-state index contributed by atoms with van der Waals surface area (Å²) < 4.78 is 38.5. The molecule has 0 unspecified atom stereocenters. The molecular formula is C17H34F3NO3Si. The van der Waals surface area contributed by atoms with Crippen LogP contribution < -0.4 is 5.73 Å². The van der Waals surface area contributed by atoms with E-state index < -0.39 is 20.5 Å². The molecule has 0 aromatic rings. The molecule has 1 aliphatic carbocycles. The van der Waals surface area contributed by atoms with Crippen molar-refractivity contribution in [3.63, 3.8) is 0 Å². The van der Waals surface area contributed by atoms with Crippen LogP contribution in [0.3, 0.4) is 0 Å². The summed E-state index contributed by atoms with van der Waals surface area (Å²) >= 11 is 0. The van der Waals surface area contributed by atoms with Gasteiger partial charge in [-0.2, -0.15) is 13.2 Å². The summed E-state index contributed by atoms with van der Waals surface area (Å²) in [4.78, 5) is 8.90. The Balaban J connectivity index is 0.000000697. The van der Waals surface area contributed by atoms with Crippen LogP contribution in [-0.4, -0.2) is 37.7 Å². The summed E-state index contributed by atoms with van der Waals surface area (Å²) in [7, 11) is -1.68. The van der Waals surface area contributed by atoms with Crippen molar-refractivity contribution in [2.45, 2.75) is 102 Å². The smallest absolute Gasteiger partial charge is 0.475 e. The SMILES string of the molecule is CC(C)[Si](O[C@H]1CC[C@H](N)CC1)(C(C)C)C(C)C.O=C(O)C(F)(F)F. The quantitative estimate of drug-likeness (QED) is 0.647. The van der Waals surface area contributed by atoms with E-state index in [0.29, 0.717) is 28.8 Å². The topological polar surface area (TPSA) is 72.5 Å². The van der Waals surface area contributed by atoms with E-state index in [2.05, 4.69) is 41.5 Å². The van der Waals surface area contributed by atoms with Crippen LogP contribution in [-0.2, 0) is 9.22 Å². The van der Waals surface area contributed by atoms with Gasteiger partial charge in [-0.05, 0) is 42.3 Å². The highest BCUT2D eigenvalue weighted by atomic mass is 28.4. The number of carbonyl (C=O) groups is 1. The zero-order valence-electron chi connectivity index (χ0n) is 16.2. The molecule has 3 N–H and O–H groups in total. The molecule has 4 nitrogen and oxygen atoms in total. The van der Waals surface area contributed by atoms with Crippen molar-refractivity contribution < 1.29 is 27.5 Å². The zero-order chi connectivity index (χ0) is 20.0. The molecule has 150 valence electrons. The van der Waals surface area contributed by atoms with Gasteiger partial charge in [-0.15, -0.1) is 0 Å². The van der Waals surface area contributed by atoms with Gasteiger partial charge in [-0.3, -0.25) is 0 Å². The number of carboxylic acid groups (broad SMARTS) is 1. The molecule has 0 saturated heterocycles. The number of hydrogen-bond acceptors (Lipinski definition) is 3. The Kier molecular flexibility index (Phi) is 9.68. The van der Waals surface area contributed by atoms with Gasteiger partial charge in [0.1, 0.15) is 0 Å². The minimum absolute atomic E-state index is 0.415.